The van der Waals surface area contributed by atoms with E-state index in [4.69, 9.17) is 0 Å². The molecule has 1 aromatic carbocycles. The Morgan fingerprint density at radius 3 is 2.35 bits per heavy atom. The number of anilines is 1. The van der Waals surface area contributed by atoms with Crippen LogP contribution in [0.5, 0.6) is 0 Å². The molecule has 0 saturated carbocycles. The first-order valence-corrected chi connectivity index (χ1v) is 6.80. The van der Waals surface area contributed by atoms with E-state index < -0.39 is 0 Å². The number of benzene rings is 1. The summed E-state index contributed by atoms with van der Waals surface area (Å²) in [7, 11) is 0. The van der Waals surface area contributed by atoms with Crippen LogP contribution in [0.15, 0.2) is 24.3 Å². The van der Waals surface area contributed by atoms with E-state index in [2.05, 4.69) is 5.32 Å². The Bertz CT molecular complexity index is 400. The van der Waals surface area contributed by atoms with E-state index in [1.165, 1.54) is 11.8 Å². The van der Waals surface area contributed by atoms with Gasteiger partial charge in [-0.3, -0.25) is 9.59 Å². The quantitative estimate of drug-likeness (QED) is 0.894. The predicted molar refractivity (Wildman–Crippen MR) is 72.4 cm³/mol. The molecule has 1 N–H and O–H groups in total. The number of amides is 1. The predicted octanol–water partition coefficient (Wildman–Crippen LogP) is 3.17. The van der Waals surface area contributed by atoms with Gasteiger partial charge in [0.05, 0.1) is 0 Å². The summed E-state index contributed by atoms with van der Waals surface area (Å²) in [5.41, 5.74) is 1.38. The van der Waals surface area contributed by atoms with Crippen LogP contribution in [0.4, 0.5) is 5.69 Å². The fourth-order valence-corrected chi connectivity index (χ4v) is 1.63. The molecule has 0 aliphatic heterocycles. The third kappa shape index (κ3) is 3.89. The van der Waals surface area contributed by atoms with Crippen LogP contribution in [-0.4, -0.2) is 17.3 Å². The Labute approximate surface area is 106 Å². The standard InChI is InChI=1S/C13H17NO2S/c1-4-9(2)12(15)14-11-7-5-10(6-8-11)13(16)17-3/h5-9H,4H2,1-3H3,(H,14,15). The number of rotatable bonds is 4. The number of nitrogens with one attached hydrogen (secondary N) is 1. The maximum Gasteiger partial charge on any atom is 0.227 e. The summed E-state index contributed by atoms with van der Waals surface area (Å²) in [6.07, 6.45) is 2.57. The molecular weight excluding hydrogens is 234 g/mol. The van der Waals surface area contributed by atoms with Crippen molar-refractivity contribution in [3.63, 3.8) is 0 Å². The van der Waals surface area contributed by atoms with Gasteiger partial charge in [0.2, 0.25) is 11.0 Å². The molecule has 0 radical (unpaired) electrons. The molecule has 1 rings (SSSR count). The monoisotopic (exact) mass is 251 g/mol. The molecule has 1 amide bonds. The van der Waals surface area contributed by atoms with Crippen LogP contribution in [0.3, 0.4) is 0 Å². The highest BCUT2D eigenvalue weighted by Gasteiger charge is 2.10. The molecule has 1 unspecified atom stereocenters. The maximum atomic E-state index is 11.6. The topological polar surface area (TPSA) is 46.2 Å². The van der Waals surface area contributed by atoms with Crippen molar-refractivity contribution in [3.05, 3.63) is 29.8 Å². The lowest BCUT2D eigenvalue weighted by Gasteiger charge is -2.10. The maximum absolute atomic E-state index is 11.6. The second-order valence-electron chi connectivity index (χ2n) is 3.87. The highest BCUT2D eigenvalue weighted by Crippen LogP contribution is 2.15. The van der Waals surface area contributed by atoms with Crippen LogP contribution in [0.1, 0.15) is 30.6 Å². The average Bonchev–Trinajstić information content (AvgIpc) is 2.37. The van der Waals surface area contributed by atoms with Crippen LogP contribution in [0, 0.1) is 5.92 Å². The lowest BCUT2D eigenvalue weighted by atomic mass is 10.1. The average molecular weight is 251 g/mol. The Hall–Kier alpha value is -1.29. The van der Waals surface area contributed by atoms with Gasteiger partial charge in [-0.15, -0.1) is 0 Å². The fourth-order valence-electron chi connectivity index (χ4n) is 1.26. The van der Waals surface area contributed by atoms with E-state index in [1.807, 2.05) is 13.8 Å². The molecule has 1 atom stereocenters. The molecule has 0 aromatic heterocycles. The van der Waals surface area contributed by atoms with E-state index in [0.717, 1.165) is 12.1 Å². The molecule has 1 aromatic rings. The molecule has 0 saturated heterocycles. The van der Waals surface area contributed by atoms with Crippen molar-refractivity contribution < 1.29 is 9.59 Å². The van der Waals surface area contributed by atoms with Gasteiger partial charge in [-0.1, -0.05) is 25.6 Å². The van der Waals surface area contributed by atoms with Crippen molar-refractivity contribution in [1.29, 1.82) is 0 Å². The highest BCUT2D eigenvalue weighted by molar-refractivity contribution is 8.13. The van der Waals surface area contributed by atoms with Gasteiger partial charge in [0, 0.05) is 17.2 Å². The summed E-state index contributed by atoms with van der Waals surface area (Å²) in [6.45, 7) is 3.87. The molecule has 3 nitrogen and oxygen atoms in total. The zero-order chi connectivity index (χ0) is 12.8. The normalized spacial score (nSPS) is 11.9. The minimum Gasteiger partial charge on any atom is -0.326 e. The minimum atomic E-state index is 0.00232. The molecule has 92 valence electrons. The number of hydrogen-bond donors (Lipinski definition) is 1. The molecule has 0 spiro atoms. The first-order valence-electron chi connectivity index (χ1n) is 5.57. The van der Waals surface area contributed by atoms with Gasteiger partial charge in [-0.25, -0.2) is 0 Å². The van der Waals surface area contributed by atoms with Crippen molar-refractivity contribution in [2.24, 2.45) is 5.92 Å². The summed E-state index contributed by atoms with van der Waals surface area (Å²) in [6, 6.07) is 6.96. The second-order valence-corrected chi connectivity index (χ2v) is 4.65. The van der Waals surface area contributed by atoms with Crippen molar-refractivity contribution in [1.82, 2.24) is 0 Å². The summed E-state index contributed by atoms with van der Waals surface area (Å²) >= 11 is 1.18. The van der Waals surface area contributed by atoms with Crippen LogP contribution in [0.25, 0.3) is 0 Å². The van der Waals surface area contributed by atoms with E-state index in [1.54, 1.807) is 30.5 Å². The van der Waals surface area contributed by atoms with Gasteiger partial charge in [0.25, 0.3) is 0 Å². The van der Waals surface area contributed by atoms with Crippen LogP contribution in [-0.2, 0) is 4.79 Å². The molecule has 0 fully saturated rings. The first-order chi connectivity index (χ1) is 8.08. The third-order valence-electron chi connectivity index (χ3n) is 2.63. The first kappa shape index (κ1) is 13.8. The van der Waals surface area contributed by atoms with Crippen molar-refractivity contribution in [2.75, 3.05) is 11.6 Å². The third-order valence-corrected chi connectivity index (χ3v) is 3.24. The van der Waals surface area contributed by atoms with Crippen LogP contribution < -0.4 is 5.32 Å². The van der Waals surface area contributed by atoms with Gasteiger partial charge in [-0.2, -0.15) is 0 Å². The summed E-state index contributed by atoms with van der Waals surface area (Å²) < 4.78 is 0. The smallest absolute Gasteiger partial charge is 0.227 e. The van der Waals surface area contributed by atoms with Crippen molar-refractivity contribution in [3.8, 4) is 0 Å². The number of carbonyl (C=O) groups is 2. The summed E-state index contributed by atoms with van der Waals surface area (Å²) in [5.74, 6) is 0.0129. The van der Waals surface area contributed by atoms with E-state index in [0.29, 0.717) is 5.56 Å². The largest absolute Gasteiger partial charge is 0.326 e. The van der Waals surface area contributed by atoms with E-state index >= 15 is 0 Å². The second kappa shape index (κ2) is 6.45. The zero-order valence-corrected chi connectivity index (χ0v) is 11.1. The van der Waals surface area contributed by atoms with E-state index in [-0.39, 0.29) is 16.9 Å². The Morgan fingerprint density at radius 2 is 1.88 bits per heavy atom. The lowest BCUT2D eigenvalue weighted by molar-refractivity contribution is -0.119. The Balaban J connectivity index is 2.69. The molecule has 0 bridgehead atoms. The summed E-state index contributed by atoms with van der Waals surface area (Å²) in [5, 5.41) is 2.85. The zero-order valence-electron chi connectivity index (χ0n) is 10.3. The lowest BCUT2D eigenvalue weighted by Crippen LogP contribution is -2.19. The van der Waals surface area contributed by atoms with E-state index in [9.17, 15) is 9.59 Å². The Morgan fingerprint density at radius 1 is 1.29 bits per heavy atom. The van der Waals surface area contributed by atoms with Gasteiger partial charge >= 0.3 is 0 Å². The molecule has 0 heterocycles. The van der Waals surface area contributed by atoms with Gasteiger partial charge in [-0.05, 0) is 36.9 Å². The van der Waals surface area contributed by atoms with Gasteiger partial charge in [0.15, 0.2) is 0 Å². The Kier molecular flexibility index (Phi) is 5.22. The van der Waals surface area contributed by atoms with Crippen LogP contribution in [0.2, 0.25) is 0 Å². The van der Waals surface area contributed by atoms with Crippen molar-refractivity contribution >= 4 is 28.5 Å². The van der Waals surface area contributed by atoms with Crippen LogP contribution >= 0.6 is 11.8 Å². The SMILES string of the molecule is CCC(C)C(=O)Nc1ccc(C(=O)SC)cc1. The highest BCUT2D eigenvalue weighted by atomic mass is 32.2. The summed E-state index contributed by atoms with van der Waals surface area (Å²) in [4.78, 5) is 23.0. The number of hydrogen-bond acceptors (Lipinski definition) is 3. The fraction of sp³-hybridized carbons (Fsp3) is 0.385. The molecule has 0 aliphatic rings. The van der Waals surface area contributed by atoms with Gasteiger partial charge < -0.3 is 5.32 Å². The number of thioether (sulfide) groups is 1. The molecule has 17 heavy (non-hydrogen) atoms. The van der Waals surface area contributed by atoms with Gasteiger partial charge in [0.1, 0.15) is 0 Å². The molecule has 0 aliphatic carbocycles. The number of carbonyl (C=O) groups excluding carboxylic acids is 2. The molecule has 4 heteroatoms. The molecular formula is C13H17NO2S. The van der Waals surface area contributed by atoms with Crippen molar-refractivity contribution in [2.45, 2.75) is 20.3 Å². The minimum absolute atomic E-state index is 0.00232.